The summed E-state index contributed by atoms with van der Waals surface area (Å²) in [6.07, 6.45) is 0. The summed E-state index contributed by atoms with van der Waals surface area (Å²) < 4.78 is 31.8. The van der Waals surface area contributed by atoms with E-state index in [0.717, 1.165) is 0 Å². The number of hydrogen-bond donors (Lipinski definition) is 1. The first-order chi connectivity index (χ1) is 11.0. The molecule has 23 heavy (non-hydrogen) atoms. The van der Waals surface area contributed by atoms with Crippen LogP contribution in [0.15, 0.2) is 36.4 Å². The minimum Gasteiger partial charge on any atom is -0.496 e. The quantitative estimate of drug-likeness (QED) is 0.860. The van der Waals surface area contributed by atoms with Gasteiger partial charge in [0.15, 0.2) is 0 Å². The van der Waals surface area contributed by atoms with Crippen LogP contribution in [0.1, 0.15) is 11.1 Å². The number of aryl methyl sites for hydroxylation is 1. The molecular weight excluding hydrogens is 320 g/mol. The Morgan fingerprint density at radius 2 is 2.00 bits per heavy atom. The number of hydrogen-bond acceptors (Lipinski definition) is 3. The number of anilines is 1. The molecule has 3 nitrogen and oxygen atoms in total. The lowest BCUT2D eigenvalue weighted by Gasteiger charge is -2.09. The van der Waals surface area contributed by atoms with Gasteiger partial charge in [-0.05, 0) is 42.8 Å². The van der Waals surface area contributed by atoms with Gasteiger partial charge in [0, 0.05) is 17.0 Å². The molecule has 0 spiro atoms. The normalized spacial score (nSPS) is 10.4. The van der Waals surface area contributed by atoms with Crippen molar-refractivity contribution in [1.29, 1.82) is 0 Å². The van der Waals surface area contributed by atoms with Gasteiger partial charge in [-0.1, -0.05) is 6.07 Å². The summed E-state index contributed by atoms with van der Waals surface area (Å²) in [5.41, 5.74) is 1.63. The van der Waals surface area contributed by atoms with Crippen LogP contribution in [0.4, 0.5) is 14.5 Å². The molecule has 0 saturated heterocycles. The van der Waals surface area contributed by atoms with Gasteiger partial charge in [-0.15, -0.1) is 11.8 Å². The largest absolute Gasteiger partial charge is 0.496 e. The fourth-order valence-corrected chi connectivity index (χ4v) is 2.79. The maximum Gasteiger partial charge on any atom is 0.234 e. The third-order valence-electron chi connectivity index (χ3n) is 3.19. The van der Waals surface area contributed by atoms with Gasteiger partial charge in [-0.2, -0.15) is 0 Å². The molecule has 6 heteroatoms. The summed E-state index contributed by atoms with van der Waals surface area (Å²) in [5.74, 6) is 0.251. The molecular formula is C17H17F2NO2S. The van der Waals surface area contributed by atoms with Crippen molar-refractivity contribution in [2.75, 3.05) is 18.2 Å². The average molecular weight is 337 g/mol. The molecule has 2 aromatic rings. The van der Waals surface area contributed by atoms with E-state index in [2.05, 4.69) is 5.32 Å². The molecule has 0 aliphatic rings. The molecule has 0 aliphatic carbocycles. The first-order valence-corrected chi connectivity index (χ1v) is 8.11. The Kier molecular flexibility index (Phi) is 5.98. The van der Waals surface area contributed by atoms with Crippen LogP contribution in [0, 0.1) is 18.6 Å². The number of halogens is 2. The number of nitrogens with one attached hydrogen (secondary N) is 1. The Balaban J connectivity index is 1.87. The fourth-order valence-electron chi connectivity index (χ4n) is 1.98. The van der Waals surface area contributed by atoms with Crippen LogP contribution in [0.2, 0.25) is 0 Å². The summed E-state index contributed by atoms with van der Waals surface area (Å²) in [6.45, 7) is 1.66. The monoisotopic (exact) mass is 337 g/mol. The molecule has 0 atom stereocenters. The van der Waals surface area contributed by atoms with E-state index in [9.17, 15) is 13.6 Å². The molecule has 0 bridgehead atoms. The van der Waals surface area contributed by atoms with Crippen molar-refractivity contribution in [1.82, 2.24) is 0 Å². The summed E-state index contributed by atoms with van der Waals surface area (Å²) in [4.78, 5) is 11.9. The summed E-state index contributed by atoms with van der Waals surface area (Å²) >= 11 is 1.33. The SMILES string of the molecule is COc1ccc(F)cc1CSCC(=O)Nc1ccc(C)c(F)c1. The third-order valence-corrected chi connectivity index (χ3v) is 4.17. The smallest absolute Gasteiger partial charge is 0.234 e. The van der Waals surface area contributed by atoms with E-state index in [-0.39, 0.29) is 23.3 Å². The molecule has 2 rings (SSSR count). The predicted molar refractivity (Wildman–Crippen MR) is 88.9 cm³/mol. The molecule has 1 amide bonds. The van der Waals surface area contributed by atoms with E-state index in [1.54, 1.807) is 25.1 Å². The second-order valence-electron chi connectivity index (χ2n) is 4.96. The van der Waals surface area contributed by atoms with Crippen LogP contribution in [-0.4, -0.2) is 18.8 Å². The minimum absolute atomic E-state index is 0.176. The first-order valence-electron chi connectivity index (χ1n) is 6.95. The van der Waals surface area contributed by atoms with Crippen LogP contribution < -0.4 is 10.1 Å². The van der Waals surface area contributed by atoms with Crippen molar-refractivity contribution in [3.05, 3.63) is 59.2 Å². The third kappa shape index (κ3) is 4.96. The van der Waals surface area contributed by atoms with E-state index in [4.69, 9.17) is 4.74 Å². The van der Waals surface area contributed by atoms with E-state index >= 15 is 0 Å². The highest BCUT2D eigenvalue weighted by Gasteiger charge is 2.08. The average Bonchev–Trinajstić information content (AvgIpc) is 2.51. The number of rotatable bonds is 6. The zero-order valence-electron chi connectivity index (χ0n) is 12.9. The van der Waals surface area contributed by atoms with Crippen molar-refractivity contribution in [2.45, 2.75) is 12.7 Å². The Labute approximate surface area is 138 Å². The predicted octanol–water partition coefficient (Wildman–Crippen LogP) is 4.15. The van der Waals surface area contributed by atoms with Crippen molar-refractivity contribution >= 4 is 23.4 Å². The zero-order valence-corrected chi connectivity index (χ0v) is 13.7. The standard InChI is InChI=1S/C17H17F2NO2S/c1-11-3-5-14(8-15(11)19)20-17(21)10-23-9-12-7-13(18)4-6-16(12)22-2/h3-8H,9-10H2,1-2H3,(H,20,21). The maximum absolute atomic E-state index is 13.4. The number of ether oxygens (including phenoxy) is 1. The number of carbonyl (C=O) groups is 1. The van der Waals surface area contributed by atoms with Gasteiger partial charge in [0.05, 0.1) is 12.9 Å². The van der Waals surface area contributed by atoms with Crippen molar-refractivity contribution in [3.63, 3.8) is 0 Å². The lowest BCUT2D eigenvalue weighted by atomic mass is 10.2. The van der Waals surface area contributed by atoms with Crippen molar-refractivity contribution in [3.8, 4) is 5.75 Å². The van der Waals surface area contributed by atoms with Gasteiger partial charge in [-0.25, -0.2) is 8.78 Å². The molecule has 0 unspecified atom stereocenters. The lowest BCUT2D eigenvalue weighted by molar-refractivity contribution is -0.113. The van der Waals surface area contributed by atoms with E-state index in [1.807, 2.05) is 0 Å². The Morgan fingerprint density at radius 3 is 2.70 bits per heavy atom. The molecule has 1 N–H and O–H groups in total. The van der Waals surface area contributed by atoms with Gasteiger partial charge in [0.1, 0.15) is 17.4 Å². The van der Waals surface area contributed by atoms with Crippen LogP contribution in [0.3, 0.4) is 0 Å². The highest BCUT2D eigenvalue weighted by Crippen LogP contribution is 2.24. The van der Waals surface area contributed by atoms with Crippen LogP contribution >= 0.6 is 11.8 Å². The van der Waals surface area contributed by atoms with Crippen LogP contribution in [-0.2, 0) is 10.5 Å². The van der Waals surface area contributed by atoms with E-state index in [0.29, 0.717) is 28.3 Å². The molecule has 0 aliphatic heterocycles. The number of carbonyl (C=O) groups excluding carboxylic acids is 1. The molecule has 0 heterocycles. The molecule has 0 fully saturated rings. The Bertz CT molecular complexity index is 707. The van der Waals surface area contributed by atoms with Gasteiger partial charge in [-0.3, -0.25) is 4.79 Å². The van der Waals surface area contributed by atoms with Gasteiger partial charge in [0.2, 0.25) is 5.91 Å². The highest BCUT2D eigenvalue weighted by molar-refractivity contribution is 7.99. The minimum atomic E-state index is -0.361. The second kappa shape index (κ2) is 7.97. The zero-order chi connectivity index (χ0) is 16.8. The molecule has 0 aromatic heterocycles. The summed E-state index contributed by atoms with van der Waals surface area (Å²) in [6, 6.07) is 8.81. The van der Waals surface area contributed by atoms with Crippen LogP contribution in [0.5, 0.6) is 5.75 Å². The topological polar surface area (TPSA) is 38.3 Å². The maximum atomic E-state index is 13.4. The molecule has 2 aromatic carbocycles. The van der Waals surface area contributed by atoms with Gasteiger partial charge >= 0.3 is 0 Å². The van der Waals surface area contributed by atoms with Crippen molar-refractivity contribution in [2.24, 2.45) is 0 Å². The number of benzene rings is 2. The molecule has 0 radical (unpaired) electrons. The number of methoxy groups -OCH3 is 1. The molecule has 122 valence electrons. The first kappa shape index (κ1) is 17.3. The van der Waals surface area contributed by atoms with Gasteiger partial charge in [0.25, 0.3) is 0 Å². The second-order valence-corrected chi connectivity index (χ2v) is 5.95. The van der Waals surface area contributed by atoms with Crippen LogP contribution in [0.25, 0.3) is 0 Å². The molecule has 0 saturated carbocycles. The van der Waals surface area contributed by atoms with Crippen molar-refractivity contribution < 1.29 is 18.3 Å². The fraction of sp³-hybridized carbons (Fsp3) is 0.235. The Morgan fingerprint density at radius 1 is 1.22 bits per heavy atom. The number of amides is 1. The lowest BCUT2D eigenvalue weighted by Crippen LogP contribution is -2.14. The number of thioether (sulfide) groups is 1. The van der Waals surface area contributed by atoms with E-state index in [1.165, 1.54) is 37.1 Å². The summed E-state index contributed by atoms with van der Waals surface area (Å²) in [7, 11) is 1.51. The highest BCUT2D eigenvalue weighted by atomic mass is 32.2. The van der Waals surface area contributed by atoms with Gasteiger partial charge < -0.3 is 10.1 Å². The Hall–Kier alpha value is -2.08. The summed E-state index contributed by atoms with van der Waals surface area (Å²) in [5, 5.41) is 2.63. The van der Waals surface area contributed by atoms with E-state index < -0.39 is 0 Å².